The quantitative estimate of drug-likeness (QED) is 0.508. The molecule has 0 atom stereocenters. The highest BCUT2D eigenvalue weighted by Gasteiger charge is 2.28. The van der Waals surface area contributed by atoms with Crippen molar-refractivity contribution < 1.29 is 9.85 Å². The van der Waals surface area contributed by atoms with E-state index in [0.29, 0.717) is 5.56 Å². The topological polar surface area (TPSA) is 86.3 Å². The van der Waals surface area contributed by atoms with E-state index < -0.39 is 21.2 Å². The van der Waals surface area contributed by atoms with Gasteiger partial charge in [-0.15, -0.1) is 0 Å². The van der Waals surface area contributed by atoms with E-state index in [4.69, 9.17) is 0 Å². The standard InChI is InChI=1S/C18H12N2O4/c21-19(22)17-8-4-7-16(18(17)20(23)24)15-11-9-14(10-12-15)13-5-2-1-3-6-13/h1-12H. The van der Waals surface area contributed by atoms with Gasteiger partial charge in [-0.1, -0.05) is 60.7 Å². The zero-order valence-electron chi connectivity index (χ0n) is 12.5. The van der Waals surface area contributed by atoms with E-state index in [9.17, 15) is 20.2 Å². The first-order valence-corrected chi connectivity index (χ1v) is 7.15. The third kappa shape index (κ3) is 2.85. The number of nitro benzene ring substituents is 2. The molecule has 3 aromatic rings. The van der Waals surface area contributed by atoms with E-state index in [1.165, 1.54) is 12.1 Å². The van der Waals surface area contributed by atoms with Crippen LogP contribution in [-0.4, -0.2) is 9.85 Å². The first kappa shape index (κ1) is 15.4. The van der Waals surface area contributed by atoms with Crippen LogP contribution < -0.4 is 0 Å². The molecule has 0 N–H and O–H groups in total. The third-order valence-electron chi connectivity index (χ3n) is 3.70. The van der Waals surface area contributed by atoms with Gasteiger partial charge in [0.2, 0.25) is 0 Å². The highest BCUT2D eigenvalue weighted by molar-refractivity contribution is 5.80. The number of benzene rings is 3. The fraction of sp³-hybridized carbons (Fsp3) is 0. The van der Waals surface area contributed by atoms with Crippen LogP contribution in [0.5, 0.6) is 0 Å². The molecule has 3 aromatic carbocycles. The summed E-state index contributed by atoms with van der Waals surface area (Å²) in [6.45, 7) is 0. The minimum atomic E-state index is -0.736. The first-order chi connectivity index (χ1) is 11.6. The summed E-state index contributed by atoms with van der Waals surface area (Å²) in [6, 6.07) is 20.9. The molecule has 3 rings (SSSR count). The minimum absolute atomic E-state index is 0.230. The summed E-state index contributed by atoms with van der Waals surface area (Å²) in [6.07, 6.45) is 0. The van der Waals surface area contributed by atoms with Crippen LogP contribution in [0.3, 0.4) is 0 Å². The van der Waals surface area contributed by atoms with Crippen molar-refractivity contribution in [2.75, 3.05) is 0 Å². The Morgan fingerprint density at radius 2 is 1.17 bits per heavy atom. The van der Waals surface area contributed by atoms with Gasteiger partial charge in [0.25, 0.3) is 0 Å². The van der Waals surface area contributed by atoms with Gasteiger partial charge in [-0.25, -0.2) is 0 Å². The van der Waals surface area contributed by atoms with Crippen molar-refractivity contribution in [1.29, 1.82) is 0 Å². The molecule has 0 amide bonds. The van der Waals surface area contributed by atoms with Gasteiger partial charge in [-0.05, 0) is 22.8 Å². The molecule has 0 aromatic heterocycles. The SMILES string of the molecule is O=[N+]([O-])c1cccc(-c2ccc(-c3ccccc3)cc2)c1[N+](=O)[O-]. The zero-order valence-corrected chi connectivity index (χ0v) is 12.5. The molecular weight excluding hydrogens is 308 g/mol. The lowest BCUT2D eigenvalue weighted by Crippen LogP contribution is -1.98. The second kappa shape index (κ2) is 6.29. The summed E-state index contributed by atoms with van der Waals surface area (Å²) in [4.78, 5) is 20.9. The van der Waals surface area contributed by atoms with Crippen LogP contribution in [0, 0.1) is 20.2 Å². The van der Waals surface area contributed by atoms with E-state index in [0.717, 1.165) is 17.2 Å². The minimum Gasteiger partial charge on any atom is -0.258 e. The van der Waals surface area contributed by atoms with E-state index in [1.54, 1.807) is 12.1 Å². The van der Waals surface area contributed by atoms with Gasteiger partial charge in [0.05, 0.1) is 15.4 Å². The molecule has 0 spiro atoms. The lowest BCUT2D eigenvalue weighted by Gasteiger charge is -2.06. The molecule has 0 fully saturated rings. The largest absolute Gasteiger partial charge is 0.353 e. The van der Waals surface area contributed by atoms with Crippen molar-refractivity contribution in [2.45, 2.75) is 0 Å². The van der Waals surface area contributed by atoms with Crippen LogP contribution in [-0.2, 0) is 0 Å². The number of nitrogens with zero attached hydrogens (tertiary/aromatic N) is 2. The first-order valence-electron chi connectivity index (χ1n) is 7.15. The molecule has 0 bridgehead atoms. The van der Waals surface area contributed by atoms with Gasteiger partial charge in [0, 0.05) is 6.07 Å². The molecule has 0 heterocycles. The van der Waals surface area contributed by atoms with E-state index in [-0.39, 0.29) is 5.56 Å². The summed E-state index contributed by atoms with van der Waals surface area (Å²) in [5.74, 6) is 0. The number of nitro groups is 2. The maximum atomic E-state index is 11.3. The smallest absolute Gasteiger partial charge is 0.258 e. The normalized spacial score (nSPS) is 10.3. The summed E-state index contributed by atoms with van der Waals surface area (Å²) >= 11 is 0. The second-order valence-electron chi connectivity index (χ2n) is 5.13. The van der Waals surface area contributed by atoms with Gasteiger partial charge in [-0.3, -0.25) is 20.2 Å². The number of hydrogen-bond donors (Lipinski definition) is 0. The Labute approximate surface area is 137 Å². The Morgan fingerprint density at radius 1 is 0.583 bits per heavy atom. The molecular formula is C18H12N2O4. The van der Waals surface area contributed by atoms with Crippen LogP contribution in [0.25, 0.3) is 22.3 Å². The van der Waals surface area contributed by atoms with E-state index in [2.05, 4.69) is 0 Å². The van der Waals surface area contributed by atoms with Crippen LogP contribution in [0.1, 0.15) is 0 Å². The Morgan fingerprint density at radius 3 is 1.75 bits per heavy atom. The fourth-order valence-corrected chi connectivity index (χ4v) is 2.58. The van der Waals surface area contributed by atoms with Gasteiger partial charge in [-0.2, -0.15) is 0 Å². The summed E-state index contributed by atoms with van der Waals surface area (Å²) < 4.78 is 0. The van der Waals surface area contributed by atoms with Crippen molar-refractivity contribution in [3.05, 3.63) is 93.0 Å². The molecule has 6 nitrogen and oxygen atoms in total. The predicted octanol–water partition coefficient (Wildman–Crippen LogP) is 4.84. The predicted molar refractivity (Wildman–Crippen MR) is 90.6 cm³/mol. The van der Waals surface area contributed by atoms with Gasteiger partial charge < -0.3 is 0 Å². The maximum Gasteiger partial charge on any atom is 0.353 e. The van der Waals surface area contributed by atoms with Crippen LogP contribution >= 0.6 is 0 Å². The van der Waals surface area contributed by atoms with Crippen molar-refractivity contribution >= 4 is 11.4 Å². The van der Waals surface area contributed by atoms with Gasteiger partial charge >= 0.3 is 11.4 Å². The number of hydrogen-bond acceptors (Lipinski definition) is 4. The Hall–Kier alpha value is -3.54. The molecule has 0 saturated heterocycles. The van der Waals surface area contributed by atoms with Crippen molar-refractivity contribution in [2.24, 2.45) is 0 Å². The lowest BCUT2D eigenvalue weighted by molar-refractivity contribution is -0.422. The average molecular weight is 320 g/mol. The Kier molecular flexibility index (Phi) is 4.03. The average Bonchev–Trinajstić information content (AvgIpc) is 2.62. The Bertz CT molecular complexity index is 906. The van der Waals surface area contributed by atoms with Crippen molar-refractivity contribution in [3.63, 3.8) is 0 Å². The van der Waals surface area contributed by atoms with Crippen LogP contribution in [0.15, 0.2) is 72.8 Å². The van der Waals surface area contributed by atoms with E-state index >= 15 is 0 Å². The summed E-state index contributed by atoms with van der Waals surface area (Å²) in [5.41, 5.74) is 1.78. The van der Waals surface area contributed by atoms with Gasteiger partial charge in [0.15, 0.2) is 0 Å². The molecule has 0 aliphatic carbocycles. The highest BCUT2D eigenvalue weighted by atomic mass is 16.6. The molecule has 0 radical (unpaired) electrons. The van der Waals surface area contributed by atoms with Crippen molar-refractivity contribution in [1.82, 2.24) is 0 Å². The van der Waals surface area contributed by atoms with Gasteiger partial charge in [0.1, 0.15) is 0 Å². The molecule has 0 aliphatic heterocycles. The number of para-hydroxylation sites is 1. The molecule has 24 heavy (non-hydrogen) atoms. The molecule has 6 heteroatoms. The molecule has 0 saturated carbocycles. The number of rotatable bonds is 4. The lowest BCUT2D eigenvalue weighted by atomic mass is 9.99. The summed E-state index contributed by atoms with van der Waals surface area (Å²) in [7, 11) is 0. The van der Waals surface area contributed by atoms with Crippen LogP contribution in [0.2, 0.25) is 0 Å². The molecule has 0 unspecified atom stereocenters. The Balaban J connectivity index is 2.08. The van der Waals surface area contributed by atoms with Crippen LogP contribution in [0.4, 0.5) is 11.4 Å². The highest BCUT2D eigenvalue weighted by Crippen LogP contribution is 2.37. The molecule has 118 valence electrons. The van der Waals surface area contributed by atoms with E-state index in [1.807, 2.05) is 42.5 Å². The third-order valence-corrected chi connectivity index (χ3v) is 3.70. The summed E-state index contributed by atoms with van der Waals surface area (Å²) in [5, 5.41) is 22.4. The fourth-order valence-electron chi connectivity index (χ4n) is 2.58. The maximum absolute atomic E-state index is 11.3. The zero-order chi connectivity index (χ0) is 17.1. The monoisotopic (exact) mass is 320 g/mol. The van der Waals surface area contributed by atoms with Crippen molar-refractivity contribution in [3.8, 4) is 22.3 Å². The molecule has 0 aliphatic rings. The second-order valence-corrected chi connectivity index (χ2v) is 5.13.